The fourth-order valence-electron chi connectivity index (χ4n) is 2.98. The highest BCUT2D eigenvalue weighted by Gasteiger charge is 2.19. The SMILES string of the molecule is Oc1ccc(-c2nc(N3CCOCC3)sc2Cc2ccccc2)cc1. The van der Waals surface area contributed by atoms with Crippen molar-refractivity contribution in [3.8, 4) is 17.0 Å². The van der Waals surface area contributed by atoms with Gasteiger partial charge in [-0.15, -0.1) is 11.3 Å². The lowest BCUT2D eigenvalue weighted by Gasteiger charge is -2.26. The molecule has 1 aliphatic rings. The summed E-state index contributed by atoms with van der Waals surface area (Å²) < 4.78 is 5.46. The summed E-state index contributed by atoms with van der Waals surface area (Å²) in [6, 6.07) is 17.8. The maximum Gasteiger partial charge on any atom is 0.186 e. The van der Waals surface area contributed by atoms with E-state index in [0.717, 1.165) is 49.1 Å². The van der Waals surface area contributed by atoms with Crippen LogP contribution in [0.15, 0.2) is 54.6 Å². The van der Waals surface area contributed by atoms with Crippen LogP contribution in [0, 0.1) is 0 Å². The van der Waals surface area contributed by atoms with E-state index in [9.17, 15) is 5.11 Å². The van der Waals surface area contributed by atoms with Gasteiger partial charge >= 0.3 is 0 Å². The molecule has 1 N–H and O–H groups in total. The first kappa shape index (κ1) is 16.1. The normalized spacial score (nSPS) is 14.6. The molecule has 0 bridgehead atoms. The predicted molar refractivity (Wildman–Crippen MR) is 101 cm³/mol. The van der Waals surface area contributed by atoms with E-state index in [0.29, 0.717) is 0 Å². The maximum atomic E-state index is 9.58. The molecule has 0 spiro atoms. The Balaban J connectivity index is 1.71. The van der Waals surface area contributed by atoms with Crippen molar-refractivity contribution in [3.05, 3.63) is 65.0 Å². The quantitative estimate of drug-likeness (QED) is 0.772. The average Bonchev–Trinajstić information content (AvgIpc) is 3.08. The molecular weight excluding hydrogens is 332 g/mol. The molecule has 25 heavy (non-hydrogen) atoms. The van der Waals surface area contributed by atoms with Crippen LogP contribution in [0.3, 0.4) is 0 Å². The molecular formula is C20H20N2O2S. The van der Waals surface area contributed by atoms with E-state index in [-0.39, 0.29) is 5.75 Å². The van der Waals surface area contributed by atoms with Crippen LogP contribution in [0.25, 0.3) is 11.3 Å². The number of phenolic OH excluding ortho intramolecular Hbond substituents is 1. The van der Waals surface area contributed by atoms with Gasteiger partial charge in [0.05, 0.1) is 18.9 Å². The van der Waals surface area contributed by atoms with Crippen LogP contribution >= 0.6 is 11.3 Å². The van der Waals surface area contributed by atoms with Gasteiger partial charge in [-0.2, -0.15) is 0 Å². The number of thiazole rings is 1. The molecule has 4 nitrogen and oxygen atoms in total. The summed E-state index contributed by atoms with van der Waals surface area (Å²) >= 11 is 1.76. The summed E-state index contributed by atoms with van der Waals surface area (Å²) in [5.74, 6) is 0.275. The number of rotatable bonds is 4. The first-order valence-electron chi connectivity index (χ1n) is 8.45. The summed E-state index contributed by atoms with van der Waals surface area (Å²) in [6.07, 6.45) is 0.860. The molecule has 0 atom stereocenters. The van der Waals surface area contributed by atoms with Crippen molar-refractivity contribution in [3.63, 3.8) is 0 Å². The average molecular weight is 352 g/mol. The van der Waals surface area contributed by atoms with Crippen molar-refractivity contribution in [2.24, 2.45) is 0 Å². The van der Waals surface area contributed by atoms with Crippen LogP contribution in [0.2, 0.25) is 0 Å². The molecule has 5 heteroatoms. The Labute approximate surface area is 151 Å². The number of nitrogens with zero attached hydrogens (tertiary/aromatic N) is 2. The zero-order valence-corrected chi connectivity index (χ0v) is 14.7. The minimum absolute atomic E-state index is 0.275. The monoisotopic (exact) mass is 352 g/mol. The standard InChI is InChI=1S/C20H20N2O2S/c23-17-8-6-16(7-9-17)19-18(14-15-4-2-1-3-5-15)25-20(21-19)22-10-12-24-13-11-22/h1-9,23H,10-14H2. The van der Waals surface area contributed by atoms with Crippen LogP contribution < -0.4 is 4.90 Å². The lowest BCUT2D eigenvalue weighted by molar-refractivity contribution is 0.122. The largest absolute Gasteiger partial charge is 0.508 e. The van der Waals surface area contributed by atoms with Crippen LogP contribution in [0.5, 0.6) is 5.75 Å². The lowest BCUT2D eigenvalue weighted by atomic mass is 10.1. The second-order valence-electron chi connectivity index (χ2n) is 6.08. The van der Waals surface area contributed by atoms with E-state index in [4.69, 9.17) is 9.72 Å². The molecule has 2 heterocycles. The minimum Gasteiger partial charge on any atom is -0.508 e. The Kier molecular flexibility index (Phi) is 4.68. The molecule has 3 aromatic rings. The third kappa shape index (κ3) is 3.67. The number of aromatic nitrogens is 1. The highest BCUT2D eigenvalue weighted by Crippen LogP contribution is 2.35. The van der Waals surface area contributed by atoms with Gasteiger partial charge in [0.2, 0.25) is 0 Å². The molecule has 2 aromatic carbocycles. The number of morpholine rings is 1. The Morgan fingerprint density at radius 1 is 1.00 bits per heavy atom. The Bertz CT molecular complexity index is 825. The van der Waals surface area contributed by atoms with Gasteiger partial charge in [-0.3, -0.25) is 0 Å². The fraction of sp³-hybridized carbons (Fsp3) is 0.250. The topological polar surface area (TPSA) is 45.6 Å². The first-order valence-corrected chi connectivity index (χ1v) is 9.27. The van der Waals surface area contributed by atoms with Gasteiger partial charge in [0, 0.05) is 30.0 Å². The molecule has 1 aromatic heterocycles. The predicted octanol–water partition coefficient (Wildman–Crippen LogP) is 3.94. The van der Waals surface area contributed by atoms with Gasteiger partial charge in [0.25, 0.3) is 0 Å². The molecule has 0 unspecified atom stereocenters. The van der Waals surface area contributed by atoms with Gasteiger partial charge in [-0.25, -0.2) is 4.98 Å². The van der Waals surface area contributed by atoms with Crippen molar-refractivity contribution >= 4 is 16.5 Å². The van der Waals surface area contributed by atoms with E-state index in [1.807, 2.05) is 18.2 Å². The Morgan fingerprint density at radius 3 is 2.44 bits per heavy atom. The van der Waals surface area contributed by atoms with E-state index >= 15 is 0 Å². The second-order valence-corrected chi connectivity index (χ2v) is 7.14. The molecule has 0 aliphatic carbocycles. The molecule has 4 rings (SSSR count). The maximum absolute atomic E-state index is 9.58. The third-order valence-corrected chi connectivity index (χ3v) is 5.43. The van der Waals surface area contributed by atoms with Crippen molar-refractivity contribution in [1.29, 1.82) is 0 Å². The summed E-state index contributed by atoms with van der Waals surface area (Å²) in [7, 11) is 0. The van der Waals surface area contributed by atoms with Gasteiger partial charge in [-0.1, -0.05) is 30.3 Å². The van der Waals surface area contributed by atoms with Gasteiger partial charge in [0.1, 0.15) is 5.75 Å². The van der Waals surface area contributed by atoms with Crippen molar-refractivity contribution in [2.75, 3.05) is 31.2 Å². The van der Waals surface area contributed by atoms with Crippen LogP contribution in [-0.2, 0) is 11.2 Å². The summed E-state index contributed by atoms with van der Waals surface area (Å²) in [5.41, 5.74) is 3.33. The smallest absolute Gasteiger partial charge is 0.186 e. The summed E-state index contributed by atoms with van der Waals surface area (Å²) in [6.45, 7) is 3.27. The van der Waals surface area contributed by atoms with Crippen molar-refractivity contribution < 1.29 is 9.84 Å². The number of hydrogen-bond donors (Lipinski definition) is 1. The number of ether oxygens (including phenoxy) is 1. The number of hydrogen-bond acceptors (Lipinski definition) is 5. The molecule has 128 valence electrons. The molecule has 1 saturated heterocycles. The number of phenols is 1. The summed E-state index contributed by atoms with van der Waals surface area (Å²) in [5, 5.41) is 10.6. The highest BCUT2D eigenvalue weighted by atomic mass is 32.1. The van der Waals surface area contributed by atoms with E-state index in [2.05, 4.69) is 29.2 Å². The molecule has 1 aliphatic heterocycles. The first-order chi connectivity index (χ1) is 12.3. The van der Waals surface area contributed by atoms with Crippen molar-refractivity contribution in [1.82, 2.24) is 4.98 Å². The van der Waals surface area contributed by atoms with Gasteiger partial charge < -0.3 is 14.7 Å². The molecule has 0 saturated carbocycles. The van der Waals surface area contributed by atoms with Crippen LogP contribution in [-0.4, -0.2) is 36.4 Å². The fourth-order valence-corrected chi connectivity index (χ4v) is 4.14. The Hall–Kier alpha value is -2.37. The third-order valence-electron chi connectivity index (χ3n) is 4.32. The number of anilines is 1. The van der Waals surface area contributed by atoms with E-state index < -0.39 is 0 Å². The zero-order chi connectivity index (χ0) is 17.1. The summed E-state index contributed by atoms with van der Waals surface area (Å²) in [4.78, 5) is 8.48. The highest BCUT2D eigenvalue weighted by molar-refractivity contribution is 7.16. The molecule has 0 radical (unpaired) electrons. The van der Waals surface area contributed by atoms with Crippen LogP contribution in [0.4, 0.5) is 5.13 Å². The van der Waals surface area contributed by atoms with E-state index in [1.54, 1.807) is 23.5 Å². The van der Waals surface area contributed by atoms with Crippen LogP contribution in [0.1, 0.15) is 10.4 Å². The number of benzene rings is 2. The minimum atomic E-state index is 0.275. The number of aromatic hydroxyl groups is 1. The lowest BCUT2D eigenvalue weighted by Crippen LogP contribution is -2.36. The van der Waals surface area contributed by atoms with Gasteiger partial charge in [0.15, 0.2) is 5.13 Å². The van der Waals surface area contributed by atoms with Crippen molar-refractivity contribution in [2.45, 2.75) is 6.42 Å². The molecule has 1 fully saturated rings. The van der Waals surface area contributed by atoms with Gasteiger partial charge in [-0.05, 0) is 29.8 Å². The van der Waals surface area contributed by atoms with E-state index in [1.165, 1.54) is 10.4 Å². The Morgan fingerprint density at radius 2 is 1.72 bits per heavy atom. The second kappa shape index (κ2) is 7.25. The zero-order valence-electron chi connectivity index (χ0n) is 13.9. The molecule has 0 amide bonds.